The van der Waals surface area contributed by atoms with Crippen molar-refractivity contribution in [3.63, 3.8) is 0 Å². The normalized spacial score (nSPS) is 10.9. The zero-order chi connectivity index (χ0) is 11.1. The molecule has 4 nitrogen and oxygen atoms in total. The first-order chi connectivity index (χ1) is 7.18. The summed E-state index contributed by atoms with van der Waals surface area (Å²) in [6, 6.07) is 7.51. The number of benzene rings is 1. The number of rotatable bonds is 3. The van der Waals surface area contributed by atoms with Crippen LogP contribution < -0.4 is 16.9 Å². The van der Waals surface area contributed by atoms with Crippen molar-refractivity contribution < 1.29 is 0 Å². The highest BCUT2D eigenvalue weighted by molar-refractivity contribution is 7.80. The lowest BCUT2D eigenvalue weighted by atomic mass is 10.2. The Bertz CT molecular complexity index is 381. The Kier molecular flexibility index (Phi) is 4.30. The number of nitrogens with one attached hydrogen (secondary N) is 1. The molecule has 78 valence electrons. The molecule has 15 heavy (non-hydrogen) atoms. The van der Waals surface area contributed by atoms with Crippen LogP contribution in [-0.4, -0.2) is 11.3 Å². The topological polar surface area (TPSA) is 76.4 Å². The molecule has 0 radical (unpaired) electrons. The molecule has 5 N–H and O–H groups in total. The molecule has 0 unspecified atom stereocenters. The highest BCUT2D eigenvalue weighted by Crippen LogP contribution is 2.06. The van der Waals surface area contributed by atoms with Gasteiger partial charge in [-0.3, -0.25) is 5.43 Å². The first-order valence-corrected chi connectivity index (χ1v) is 4.70. The standard InChI is InChI=1S/C10H12N4S/c11-9-5-3-8(4-6-9)2-1-7-13-14-10(12)15/h1-7H,11H2,(H3,12,14,15)/b2-1+,13-7?. The monoisotopic (exact) mass is 220 g/mol. The highest BCUT2D eigenvalue weighted by Gasteiger charge is 1.84. The molecule has 1 rings (SSSR count). The summed E-state index contributed by atoms with van der Waals surface area (Å²) in [5.74, 6) is 0. The second-order valence-corrected chi connectivity index (χ2v) is 3.22. The Hall–Kier alpha value is -1.88. The third kappa shape index (κ3) is 4.78. The van der Waals surface area contributed by atoms with E-state index in [9.17, 15) is 0 Å². The van der Waals surface area contributed by atoms with Gasteiger partial charge in [-0.05, 0) is 36.0 Å². The molecule has 0 aliphatic carbocycles. The number of anilines is 1. The van der Waals surface area contributed by atoms with E-state index >= 15 is 0 Å². The number of nitrogens with zero attached hydrogens (tertiary/aromatic N) is 1. The number of nitrogen functional groups attached to an aromatic ring is 1. The van der Waals surface area contributed by atoms with Crippen LogP contribution in [0.1, 0.15) is 5.56 Å². The molecular weight excluding hydrogens is 208 g/mol. The minimum atomic E-state index is 0.145. The van der Waals surface area contributed by atoms with Gasteiger partial charge in [0, 0.05) is 11.9 Å². The molecule has 0 heterocycles. The first kappa shape index (κ1) is 11.2. The van der Waals surface area contributed by atoms with Crippen LogP contribution in [0.4, 0.5) is 5.69 Å². The van der Waals surface area contributed by atoms with Gasteiger partial charge in [-0.25, -0.2) is 0 Å². The van der Waals surface area contributed by atoms with Gasteiger partial charge in [0.05, 0.1) is 0 Å². The van der Waals surface area contributed by atoms with E-state index in [1.807, 2.05) is 30.3 Å². The third-order valence-electron chi connectivity index (χ3n) is 1.56. The van der Waals surface area contributed by atoms with Gasteiger partial charge in [0.2, 0.25) is 0 Å². The predicted octanol–water partition coefficient (Wildman–Crippen LogP) is 1.10. The number of thiocarbonyl (C=S) groups is 1. The van der Waals surface area contributed by atoms with E-state index < -0.39 is 0 Å². The van der Waals surface area contributed by atoms with Crippen LogP contribution in [0.15, 0.2) is 35.4 Å². The Morgan fingerprint density at radius 1 is 1.33 bits per heavy atom. The highest BCUT2D eigenvalue weighted by atomic mass is 32.1. The Balaban J connectivity index is 2.47. The zero-order valence-corrected chi connectivity index (χ0v) is 8.87. The van der Waals surface area contributed by atoms with Crippen LogP contribution in [0.25, 0.3) is 6.08 Å². The fourth-order valence-corrected chi connectivity index (χ4v) is 0.958. The van der Waals surface area contributed by atoms with Crippen molar-refractivity contribution in [1.82, 2.24) is 5.43 Å². The van der Waals surface area contributed by atoms with Crippen LogP contribution in [0.2, 0.25) is 0 Å². The smallest absolute Gasteiger partial charge is 0.184 e. The van der Waals surface area contributed by atoms with Crippen molar-refractivity contribution in [2.45, 2.75) is 0 Å². The SMILES string of the molecule is NC(=S)NN=C/C=C/c1ccc(N)cc1. The third-order valence-corrected chi connectivity index (χ3v) is 1.65. The van der Waals surface area contributed by atoms with E-state index in [1.54, 1.807) is 12.3 Å². The molecule has 1 aromatic carbocycles. The molecule has 1 aromatic rings. The molecule has 0 atom stereocenters. The first-order valence-electron chi connectivity index (χ1n) is 4.29. The molecule has 0 saturated carbocycles. The van der Waals surface area contributed by atoms with Crippen molar-refractivity contribution in [3.05, 3.63) is 35.9 Å². The van der Waals surface area contributed by atoms with E-state index in [4.69, 9.17) is 11.5 Å². The van der Waals surface area contributed by atoms with Gasteiger partial charge in [0.15, 0.2) is 5.11 Å². The number of allylic oxidation sites excluding steroid dienone is 1. The quantitative estimate of drug-likeness (QED) is 0.308. The molecule has 0 aliphatic heterocycles. The Morgan fingerprint density at radius 2 is 2.00 bits per heavy atom. The summed E-state index contributed by atoms with van der Waals surface area (Å²) in [7, 11) is 0. The summed E-state index contributed by atoms with van der Waals surface area (Å²) < 4.78 is 0. The van der Waals surface area contributed by atoms with Gasteiger partial charge in [0.25, 0.3) is 0 Å². The van der Waals surface area contributed by atoms with Crippen molar-refractivity contribution in [3.8, 4) is 0 Å². The van der Waals surface area contributed by atoms with Gasteiger partial charge in [-0.2, -0.15) is 5.10 Å². The minimum Gasteiger partial charge on any atom is -0.399 e. The van der Waals surface area contributed by atoms with Gasteiger partial charge >= 0.3 is 0 Å². The second-order valence-electron chi connectivity index (χ2n) is 2.78. The molecule has 0 saturated heterocycles. The van der Waals surface area contributed by atoms with Gasteiger partial charge in [-0.15, -0.1) is 0 Å². The molecule has 0 fully saturated rings. The average Bonchev–Trinajstić information content (AvgIpc) is 2.20. The van der Waals surface area contributed by atoms with E-state index in [1.165, 1.54) is 0 Å². The van der Waals surface area contributed by atoms with Crippen LogP contribution >= 0.6 is 12.2 Å². The van der Waals surface area contributed by atoms with Crippen molar-refractivity contribution in [1.29, 1.82) is 0 Å². The van der Waals surface area contributed by atoms with E-state index in [0.29, 0.717) is 0 Å². The summed E-state index contributed by atoms with van der Waals surface area (Å²) in [6.45, 7) is 0. The van der Waals surface area contributed by atoms with E-state index in [2.05, 4.69) is 22.7 Å². The lowest BCUT2D eigenvalue weighted by Gasteiger charge is -1.93. The second kappa shape index (κ2) is 5.77. The molecule has 0 spiro atoms. The molecule has 5 heteroatoms. The Morgan fingerprint density at radius 3 is 2.60 bits per heavy atom. The molecule has 0 bridgehead atoms. The maximum atomic E-state index is 5.55. The van der Waals surface area contributed by atoms with Crippen LogP contribution in [0, 0.1) is 0 Å². The number of hydrazone groups is 1. The fraction of sp³-hybridized carbons (Fsp3) is 0. The van der Waals surface area contributed by atoms with Crippen LogP contribution in [-0.2, 0) is 0 Å². The van der Waals surface area contributed by atoms with Crippen molar-refractivity contribution >= 4 is 35.3 Å². The lowest BCUT2D eigenvalue weighted by molar-refractivity contribution is 1.04. The Labute approximate surface area is 93.7 Å². The summed E-state index contributed by atoms with van der Waals surface area (Å²) in [4.78, 5) is 0. The largest absolute Gasteiger partial charge is 0.399 e. The van der Waals surface area contributed by atoms with Gasteiger partial charge in [-0.1, -0.05) is 18.2 Å². The predicted molar refractivity (Wildman–Crippen MR) is 68.3 cm³/mol. The number of hydrogen-bond acceptors (Lipinski definition) is 3. The van der Waals surface area contributed by atoms with Gasteiger partial charge < -0.3 is 11.5 Å². The van der Waals surface area contributed by atoms with Crippen molar-refractivity contribution in [2.24, 2.45) is 10.8 Å². The summed E-state index contributed by atoms with van der Waals surface area (Å²) >= 11 is 4.57. The van der Waals surface area contributed by atoms with Crippen molar-refractivity contribution in [2.75, 3.05) is 5.73 Å². The van der Waals surface area contributed by atoms with Crippen LogP contribution in [0.3, 0.4) is 0 Å². The van der Waals surface area contributed by atoms with E-state index in [0.717, 1.165) is 11.3 Å². The zero-order valence-electron chi connectivity index (χ0n) is 8.05. The average molecular weight is 220 g/mol. The summed E-state index contributed by atoms with van der Waals surface area (Å²) in [6.07, 6.45) is 5.23. The van der Waals surface area contributed by atoms with Gasteiger partial charge in [0.1, 0.15) is 0 Å². The molecule has 0 aliphatic rings. The number of nitrogens with two attached hydrogens (primary N) is 2. The minimum absolute atomic E-state index is 0.145. The molecule has 0 amide bonds. The maximum absolute atomic E-state index is 5.55. The fourth-order valence-electron chi connectivity index (χ4n) is 0.905. The van der Waals surface area contributed by atoms with E-state index in [-0.39, 0.29) is 5.11 Å². The van der Waals surface area contributed by atoms with Crippen LogP contribution in [0.5, 0.6) is 0 Å². The summed E-state index contributed by atoms with van der Waals surface area (Å²) in [5.41, 5.74) is 15.0. The molecular formula is C10H12N4S. The summed E-state index contributed by atoms with van der Waals surface area (Å²) in [5, 5.41) is 3.90. The maximum Gasteiger partial charge on any atom is 0.184 e. The number of hydrogen-bond donors (Lipinski definition) is 3. The lowest BCUT2D eigenvalue weighted by Crippen LogP contribution is -2.23. The molecule has 0 aromatic heterocycles.